The van der Waals surface area contributed by atoms with Crippen LogP contribution in [0.1, 0.15) is 18.9 Å². The lowest BCUT2D eigenvalue weighted by molar-refractivity contribution is -0.141. The summed E-state index contributed by atoms with van der Waals surface area (Å²) in [5.41, 5.74) is 1.30. The fraction of sp³-hybridized carbons (Fsp3) is 0.350. The predicted octanol–water partition coefficient (Wildman–Crippen LogP) is 2.87. The Labute approximate surface area is 167 Å². The van der Waals surface area contributed by atoms with E-state index in [0.717, 1.165) is 10.5 Å². The summed E-state index contributed by atoms with van der Waals surface area (Å²) in [6.45, 7) is 5.96. The molecule has 0 aliphatic carbocycles. The second-order valence-corrected chi connectivity index (χ2v) is 6.47. The van der Waals surface area contributed by atoms with Crippen LogP contribution in [0.5, 0.6) is 17.4 Å². The SMILES string of the molecule is C=Cc1cc2c(O[C@@H]3C[C@@H](C(=O)O)N(C(=O)O)C3)cc(OCC)nc2cc1OC. The maximum absolute atomic E-state index is 11.4. The molecular formula is C20H22N2O7. The third-order valence-electron chi connectivity index (χ3n) is 4.70. The maximum atomic E-state index is 11.4. The van der Waals surface area contributed by atoms with Crippen LogP contribution < -0.4 is 14.2 Å². The minimum atomic E-state index is -1.29. The lowest BCUT2D eigenvalue weighted by Gasteiger charge is -2.18. The van der Waals surface area contributed by atoms with E-state index in [9.17, 15) is 19.8 Å². The van der Waals surface area contributed by atoms with Crippen LogP contribution in [0.4, 0.5) is 4.79 Å². The number of amides is 1. The van der Waals surface area contributed by atoms with E-state index < -0.39 is 24.2 Å². The Kier molecular flexibility index (Phi) is 5.76. The average molecular weight is 402 g/mol. The molecule has 2 heterocycles. The minimum absolute atomic E-state index is 0.0416. The zero-order chi connectivity index (χ0) is 21.1. The molecule has 29 heavy (non-hydrogen) atoms. The average Bonchev–Trinajstić information content (AvgIpc) is 3.12. The first-order valence-corrected chi connectivity index (χ1v) is 9.05. The maximum Gasteiger partial charge on any atom is 0.408 e. The monoisotopic (exact) mass is 402 g/mol. The zero-order valence-corrected chi connectivity index (χ0v) is 16.1. The van der Waals surface area contributed by atoms with E-state index in [1.54, 1.807) is 31.4 Å². The van der Waals surface area contributed by atoms with Crippen molar-refractivity contribution < 1.29 is 34.0 Å². The first kappa shape index (κ1) is 20.2. The summed E-state index contributed by atoms with van der Waals surface area (Å²) in [5.74, 6) is 0.145. The number of carboxylic acid groups (broad SMARTS) is 2. The lowest BCUT2D eigenvalue weighted by atomic mass is 10.1. The first-order chi connectivity index (χ1) is 13.9. The van der Waals surface area contributed by atoms with Gasteiger partial charge in [0, 0.05) is 29.5 Å². The molecule has 1 aliphatic rings. The molecule has 0 saturated carbocycles. The normalized spacial score (nSPS) is 18.5. The Balaban J connectivity index is 2.02. The molecule has 3 rings (SSSR count). The summed E-state index contributed by atoms with van der Waals surface area (Å²) in [6, 6.07) is 4.00. The Morgan fingerprint density at radius 1 is 1.31 bits per heavy atom. The van der Waals surface area contributed by atoms with Crippen LogP contribution >= 0.6 is 0 Å². The number of methoxy groups -OCH3 is 1. The van der Waals surface area contributed by atoms with Crippen molar-refractivity contribution in [2.75, 3.05) is 20.3 Å². The van der Waals surface area contributed by atoms with Gasteiger partial charge in [-0.25, -0.2) is 14.6 Å². The van der Waals surface area contributed by atoms with Gasteiger partial charge in [-0.3, -0.25) is 4.90 Å². The summed E-state index contributed by atoms with van der Waals surface area (Å²) >= 11 is 0. The minimum Gasteiger partial charge on any atom is -0.496 e. The summed E-state index contributed by atoms with van der Waals surface area (Å²) in [5, 5.41) is 19.3. The number of hydrogen-bond donors (Lipinski definition) is 2. The fourth-order valence-corrected chi connectivity index (χ4v) is 3.38. The zero-order valence-electron chi connectivity index (χ0n) is 16.1. The Morgan fingerprint density at radius 3 is 2.62 bits per heavy atom. The first-order valence-electron chi connectivity index (χ1n) is 9.05. The number of pyridine rings is 1. The Bertz CT molecular complexity index is 937. The fourth-order valence-electron chi connectivity index (χ4n) is 3.38. The van der Waals surface area contributed by atoms with E-state index in [1.807, 2.05) is 6.92 Å². The van der Waals surface area contributed by atoms with Gasteiger partial charge in [0.15, 0.2) is 0 Å². The van der Waals surface area contributed by atoms with Crippen molar-refractivity contribution in [2.24, 2.45) is 0 Å². The van der Waals surface area contributed by atoms with Gasteiger partial charge in [-0.1, -0.05) is 12.7 Å². The molecule has 154 valence electrons. The third-order valence-corrected chi connectivity index (χ3v) is 4.70. The van der Waals surface area contributed by atoms with Crippen molar-refractivity contribution in [1.29, 1.82) is 0 Å². The molecule has 2 aromatic rings. The van der Waals surface area contributed by atoms with Crippen molar-refractivity contribution in [2.45, 2.75) is 25.5 Å². The van der Waals surface area contributed by atoms with E-state index in [4.69, 9.17) is 14.2 Å². The van der Waals surface area contributed by atoms with E-state index in [1.165, 1.54) is 0 Å². The largest absolute Gasteiger partial charge is 0.496 e. The van der Waals surface area contributed by atoms with Gasteiger partial charge in [-0.05, 0) is 13.0 Å². The predicted molar refractivity (Wildman–Crippen MR) is 105 cm³/mol. The molecule has 9 heteroatoms. The molecule has 1 aliphatic heterocycles. The summed E-state index contributed by atoms with van der Waals surface area (Å²) < 4.78 is 16.9. The number of ether oxygens (including phenoxy) is 3. The van der Waals surface area contributed by atoms with Gasteiger partial charge in [0.05, 0.1) is 25.8 Å². The number of nitrogens with zero attached hydrogens (tertiary/aromatic N) is 2. The Morgan fingerprint density at radius 2 is 2.07 bits per heavy atom. The van der Waals surface area contributed by atoms with Crippen molar-refractivity contribution >= 4 is 29.0 Å². The standard InChI is InChI=1S/C20H22N2O7/c1-4-11-6-13-14(8-16(11)27-3)21-18(28-5-2)9-17(13)29-12-7-15(19(23)24)22(10-12)20(25)26/h4,6,8-9,12,15H,1,5,7,10H2,2-3H3,(H,23,24)(H,25,26)/t12-,15+/m1/s1. The van der Waals surface area contributed by atoms with Crippen LogP contribution in [0.2, 0.25) is 0 Å². The molecule has 9 nitrogen and oxygen atoms in total. The molecule has 0 spiro atoms. The highest BCUT2D eigenvalue weighted by Crippen LogP contribution is 2.35. The second-order valence-electron chi connectivity index (χ2n) is 6.47. The topological polar surface area (TPSA) is 118 Å². The number of fused-ring (bicyclic) bond motifs is 1. The van der Waals surface area contributed by atoms with Crippen molar-refractivity contribution in [3.63, 3.8) is 0 Å². The molecule has 2 atom stereocenters. The molecule has 1 fully saturated rings. The number of likely N-dealkylation sites (tertiary alicyclic amines) is 1. The molecule has 1 saturated heterocycles. The van der Waals surface area contributed by atoms with Crippen LogP contribution in [-0.4, -0.2) is 64.6 Å². The number of hydrogen-bond acceptors (Lipinski definition) is 6. The van der Waals surface area contributed by atoms with Gasteiger partial charge in [-0.2, -0.15) is 0 Å². The molecule has 1 aromatic heterocycles. The van der Waals surface area contributed by atoms with E-state index in [-0.39, 0.29) is 13.0 Å². The van der Waals surface area contributed by atoms with Gasteiger partial charge in [0.1, 0.15) is 23.6 Å². The van der Waals surface area contributed by atoms with E-state index in [2.05, 4.69) is 11.6 Å². The number of rotatable bonds is 7. The number of benzene rings is 1. The Hall–Kier alpha value is -3.49. The lowest BCUT2D eigenvalue weighted by Crippen LogP contribution is -2.39. The van der Waals surface area contributed by atoms with Gasteiger partial charge >= 0.3 is 12.1 Å². The second kappa shape index (κ2) is 8.26. The molecule has 0 bridgehead atoms. The summed E-state index contributed by atoms with van der Waals surface area (Å²) in [4.78, 5) is 28.1. The number of aliphatic carboxylic acids is 1. The highest BCUT2D eigenvalue weighted by molar-refractivity contribution is 5.90. The van der Waals surface area contributed by atoms with Gasteiger partial charge in [0.2, 0.25) is 5.88 Å². The summed E-state index contributed by atoms with van der Waals surface area (Å²) in [6.07, 6.45) is -0.237. The number of aromatic nitrogens is 1. The van der Waals surface area contributed by atoms with Crippen molar-refractivity contribution in [3.8, 4) is 17.4 Å². The van der Waals surface area contributed by atoms with Crippen LogP contribution in [0.15, 0.2) is 24.8 Å². The van der Waals surface area contributed by atoms with Gasteiger partial charge in [0.25, 0.3) is 0 Å². The van der Waals surface area contributed by atoms with E-state index in [0.29, 0.717) is 34.9 Å². The molecule has 1 amide bonds. The third kappa shape index (κ3) is 4.03. The van der Waals surface area contributed by atoms with Crippen LogP contribution in [-0.2, 0) is 4.79 Å². The van der Waals surface area contributed by atoms with Crippen LogP contribution in [0.25, 0.3) is 17.0 Å². The summed E-state index contributed by atoms with van der Waals surface area (Å²) in [7, 11) is 1.54. The molecule has 2 N–H and O–H groups in total. The highest BCUT2D eigenvalue weighted by Gasteiger charge is 2.41. The molecule has 1 aromatic carbocycles. The quantitative estimate of drug-likeness (QED) is 0.726. The van der Waals surface area contributed by atoms with E-state index >= 15 is 0 Å². The van der Waals surface area contributed by atoms with Crippen molar-refractivity contribution in [1.82, 2.24) is 9.88 Å². The van der Waals surface area contributed by atoms with Gasteiger partial charge in [-0.15, -0.1) is 0 Å². The van der Waals surface area contributed by atoms with Gasteiger partial charge < -0.3 is 24.4 Å². The number of carboxylic acids is 1. The molecule has 0 radical (unpaired) electrons. The highest BCUT2D eigenvalue weighted by atomic mass is 16.5. The van der Waals surface area contributed by atoms with Crippen LogP contribution in [0.3, 0.4) is 0 Å². The smallest absolute Gasteiger partial charge is 0.408 e. The molecule has 0 unspecified atom stereocenters. The van der Waals surface area contributed by atoms with Crippen LogP contribution in [0, 0.1) is 0 Å². The van der Waals surface area contributed by atoms with Crippen molar-refractivity contribution in [3.05, 3.63) is 30.3 Å². The number of carbonyl (C=O) groups is 2. The molecular weight excluding hydrogens is 380 g/mol.